The molecule has 0 amide bonds. The molecule has 0 aromatic carbocycles. The van der Waals surface area contributed by atoms with Crippen molar-refractivity contribution in [3.63, 3.8) is 0 Å². The average Bonchev–Trinajstić information content (AvgIpc) is 2.75. The summed E-state index contributed by atoms with van der Waals surface area (Å²) in [6.07, 6.45) is 5.40. The molecular weight excluding hydrogens is 218 g/mol. The van der Waals surface area contributed by atoms with E-state index in [-0.39, 0.29) is 0 Å². The molecule has 0 bridgehead atoms. The van der Waals surface area contributed by atoms with Crippen LogP contribution in [0.3, 0.4) is 0 Å². The maximum Gasteiger partial charge on any atom is 0.225 e. The van der Waals surface area contributed by atoms with Gasteiger partial charge in [-0.15, -0.1) is 0 Å². The predicted octanol–water partition coefficient (Wildman–Crippen LogP) is 1.83. The van der Waals surface area contributed by atoms with E-state index >= 15 is 0 Å². The third-order valence-corrected chi connectivity index (χ3v) is 2.51. The quantitative estimate of drug-likeness (QED) is 0.751. The number of aromatic nitrogens is 2. The van der Waals surface area contributed by atoms with Gasteiger partial charge in [0, 0.05) is 31.5 Å². The number of aryl methyl sites for hydroxylation is 1. The number of furan rings is 1. The normalized spacial score (nSPS) is 10.2. The minimum absolute atomic E-state index is 0.474. The molecule has 2 rings (SSSR count). The first-order chi connectivity index (χ1) is 8.20. The number of hydrogen-bond donors (Lipinski definition) is 0. The number of nitrogens with zero attached hydrogens (tertiary/aromatic N) is 3. The van der Waals surface area contributed by atoms with Crippen LogP contribution in [-0.4, -0.2) is 23.3 Å². The summed E-state index contributed by atoms with van der Waals surface area (Å²) in [6, 6.07) is 1.92. The van der Waals surface area contributed by atoms with Crippen LogP contribution in [0.1, 0.15) is 21.7 Å². The van der Waals surface area contributed by atoms with Crippen molar-refractivity contribution in [2.24, 2.45) is 0 Å². The lowest BCUT2D eigenvalue weighted by Crippen LogP contribution is -2.19. The van der Waals surface area contributed by atoms with Crippen molar-refractivity contribution in [3.8, 4) is 0 Å². The van der Waals surface area contributed by atoms with Crippen LogP contribution in [0, 0.1) is 6.92 Å². The van der Waals surface area contributed by atoms with Gasteiger partial charge < -0.3 is 9.32 Å². The maximum atomic E-state index is 10.5. The molecule has 0 fully saturated rings. The van der Waals surface area contributed by atoms with Crippen molar-refractivity contribution in [1.29, 1.82) is 0 Å². The molecule has 0 aliphatic rings. The second kappa shape index (κ2) is 4.78. The molecule has 0 spiro atoms. The SMILES string of the molecule is Cc1occc1CN(C)c1ncc(C=O)cn1. The fourth-order valence-corrected chi connectivity index (χ4v) is 1.49. The molecule has 0 aliphatic carbocycles. The number of rotatable bonds is 4. The topological polar surface area (TPSA) is 59.2 Å². The molecular formula is C12H13N3O2. The first-order valence-electron chi connectivity index (χ1n) is 5.22. The van der Waals surface area contributed by atoms with Crippen molar-refractivity contribution in [2.45, 2.75) is 13.5 Å². The summed E-state index contributed by atoms with van der Waals surface area (Å²) in [4.78, 5) is 20.6. The van der Waals surface area contributed by atoms with Gasteiger partial charge in [0.2, 0.25) is 5.95 Å². The lowest BCUT2D eigenvalue weighted by Gasteiger charge is -2.16. The van der Waals surface area contributed by atoms with E-state index in [1.54, 1.807) is 6.26 Å². The van der Waals surface area contributed by atoms with E-state index in [9.17, 15) is 4.79 Å². The Morgan fingerprint density at radius 3 is 2.65 bits per heavy atom. The lowest BCUT2D eigenvalue weighted by atomic mass is 10.2. The second-order valence-electron chi connectivity index (χ2n) is 3.79. The highest BCUT2D eigenvalue weighted by molar-refractivity contribution is 5.73. The summed E-state index contributed by atoms with van der Waals surface area (Å²) in [5, 5.41) is 0. The second-order valence-corrected chi connectivity index (χ2v) is 3.79. The van der Waals surface area contributed by atoms with E-state index in [0.717, 1.165) is 17.6 Å². The van der Waals surface area contributed by atoms with Gasteiger partial charge in [-0.25, -0.2) is 9.97 Å². The smallest absolute Gasteiger partial charge is 0.225 e. The predicted molar refractivity (Wildman–Crippen MR) is 63.0 cm³/mol. The minimum atomic E-state index is 0.474. The fourth-order valence-electron chi connectivity index (χ4n) is 1.49. The van der Waals surface area contributed by atoms with Gasteiger partial charge in [-0.05, 0) is 13.0 Å². The first-order valence-corrected chi connectivity index (χ1v) is 5.22. The van der Waals surface area contributed by atoms with Crippen LogP contribution in [0.2, 0.25) is 0 Å². The Hall–Kier alpha value is -2.17. The lowest BCUT2D eigenvalue weighted by molar-refractivity contribution is 0.112. The van der Waals surface area contributed by atoms with Gasteiger partial charge in [0.15, 0.2) is 6.29 Å². The molecule has 88 valence electrons. The highest BCUT2D eigenvalue weighted by Gasteiger charge is 2.08. The number of carbonyl (C=O) groups excluding carboxylic acids is 1. The van der Waals surface area contributed by atoms with Crippen LogP contribution in [0.25, 0.3) is 0 Å². The minimum Gasteiger partial charge on any atom is -0.469 e. The fraction of sp³-hybridized carbons (Fsp3) is 0.250. The van der Waals surface area contributed by atoms with E-state index in [1.807, 2.05) is 24.9 Å². The van der Waals surface area contributed by atoms with E-state index in [2.05, 4.69) is 9.97 Å². The zero-order valence-electron chi connectivity index (χ0n) is 9.75. The Labute approximate surface area is 99.1 Å². The summed E-state index contributed by atoms with van der Waals surface area (Å²) in [5.74, 6) is 1.47. The number of hydrogen-bond acceptors (Lipinski definition) is 5. The van der Waals surface area contributed by atoms with Gasteiger partial charge in [0.25, 0.3) is 0 Å². The molecule has 5 heteroatoms. The molecule has 2 heterocycles. The third kappa shape index (κ3) is 2.50. The standard InChI is InChI=1S/C12H13N3O2/c1-9-11(3-4-17-9)7-15(2)12-13-5-10(8-16)6-14-12/h3-6,8H,7H2,1-2H3. The van der Waals surface area contributed by atoms with Crippen LogP contribution in [0.4, 0.5) is 5.95 Å². The highest BCUT2D eigenvalue weighted by atomic mass is 16.3. The van der Waals surface area contributed by atoms with E-state index in [0.29, 0.717) is 18.1 Å². The first kappa shape index (κ1) is 11.3. The third-order valence-electron chi connectivity index (χ3n) is 2.51. The highest BCUT2D eigenvalue weighted by Crippen LogP contribution is 2.14. The van der Waals surface area contributed by atoms with Crippen molar-refractivity contribution in [3.05, 3.63) is 41.6 Å². The largest absolute Gasteiger partial charge is 0.469 e. The van der Waals surface area contributed by atoms with Crippen LogP contribution < -0.4 is 4.90 Å². The van der Waals surface area contributed by atoms with Crippen LogP contribution in [-0.2, 0) is 6.54 Å². The van der Waals surface area contributed by atoms with Gasteiger partial charge in [0.1, 0.15) is 5.76 Å². The molecule has 0 unspecified atom stereocenters. The summed E-state index contributed by atoms with van der Waals surface area (Å²) in [7, 11) is 1.89. The monoisotopic (exact) mass is 231 g/mol. The summed E-state index contributed by atoms with van der Waals surface area (Å²) in [5.41, 5.74) is 1.57. The van der Waals surface area contributed by atoms with Crippen molar-refractivity contribution >= 4 is 12.2 Å². The zero-order valence-corrected chi connectivity index (χ0v) is 9.75. The number of carbonyl (C=O) groups is 1. The molecule has 17 heavy (non-hydrogen) atoms. The Morgan fingerprint density at radius 2 is 2.12 bits per heavy atom. The molecule has 2 aromatic rings. The van der Waals surface area contributed by atoms with Crippen LogP contribution >= 0.6 is 0 Å². The Bertz CT molecular complexity index is 505. The summed E-state index contributed by atoms with van der Waals surface area (Å²) < 4.78 is 5.22. The Balaban J connectivity index is 2.11. The molecule has 0 aliphatic heterocycles. The van der Waals surface area contributed by atoms with Gasteiger partial charge in [-0.2, -0.15) is 0 Å². The van der Waals surface area contributed by atoms with Gasteiger partial charge in [-0.1, -0.05) is 0 Å². The van der Waals surface area contributed by atoms with Gasteiger partial charge >= 0.3 is 0 Å². The molecule has 5 nitrogen and oxygen atoms in total. The van der Waals surface area contributed by atoms with Crippen LogP contribution in [0.15, 0.2) is 29.1 Å². The maximum absolute atomic E-state index is 10.5. The van der Waals surface area contributed by atoms with Gasteiger partial charge in [0.05, 0.1) is 11.8 Å². The molecule has 0 radical (unpaired) electrons. The van der Waals surface area contributed by atoms with Gasteiger partial charge in [-0.3, -0.25) is 4.79 Å². The molecule has 0 saturated heterocycles. The average molecular weight is 231 g/mol. The molecule has 0 atom stereocenters. The van der Waals surface area contributed by atoms with Crippen molar-refractivity contribution in [1.82, 2.24) is 9.97 Å². The van der Waals surface area contributed by atoms with E-state index in [1.165, 1.54) is 12.4 Å². The van der Waals surface area contributed by atoms with Crippen LogP contribution in [0.5, 0.6) is 0 Å². The van der Waals surface area contributed by atoms with E-state index < -0.39 is 0 Å². The zero-order chi connectivity index (χ0) is 12.3. The summed E-state index contributed by atoms with van der Waals surface area (Å²) in [6.45, 7) is 2.59. The number of anilines is 1. The Kier molecular flexibility index (Phi) is 3.18. The van der Waals surface area contributed by atoms with Crippen molar-refractivity contribution in [2.75, 3.05) is 11.9 Å². The molecule has 0 N–H and O–H groups in total. The van der Waals surface area contributed by atoms with E-state index in [4.69, 9.17) is 4.42 Å². The summed E-state index contributed by atoms with van der Waals surface area (Å²) >= 11 is 0. The Morgan fingerprint density at radius 1 is 1.41 bits per heavy atom. The molecule has 2 aromatic heterocycles. The number of aldehydes is 1. The molecule has 0 saturated carbocycles. The van der Waals surface area contributed by atoms with Crippen molar-refractivity contribution < 1.29 is 9.21 Å².